The highest BCUT2D eigenvalue weighted by Crippen LogP contribution is 2.33. The predicted octanol–water partition coefficient (Wildman–Crippen LogP) is 5.98. The monoisotopic (exact) mass is 470 g/mol. The lowest BCUT2D eigenvalue weighted by atomic mass is 10.1. The quantitative estimate of drug-likeness (QED) is 0.297. The Morgan fingerprint density at radius 2 is 1.94 bits per heavy atom. The van der Waals surface area contributed by atoms with E-state index in [9.17, 15) is 4.79 Å². The van der Waals surface area contributed by atoms with Crippen LogP contribution < -0.4 is 4.90 Å². The van der Waals surface area contributed by atoms with E-state index in [0.717, 1.165) is 38.8 Å². The van der Waals surface area contributed by atoms with Crippen LogP contribution in [-0.4, -0.2) is 32.7 Å². The molecule has 0 aliphatic rings. The van der Waals surface area contributed by atoms with Crippen LogP contribution in [0.2, 0.25) is 5.02 Å². The van der Waals surface area contributed by atoms with Crippen LogP contribution in [0.15, 0.2) is 60.0 Å². The van der Waals surface area contributed by atoms with Gasteiger partial charge in [0.1, 0.15) is 0 Å². The Kier molecular flexibility index (Phi) is 6.95. The molecule has 0 aliphatic heterocycles. The molecule has 0 fully saturated rings. The third-order valence-corrected chi connectivity index (χ3v) is 7.46. The van der Waals surface area contributed by atoms with Crippen molar-refractivity contribution in [3.05, 3.63) is 71.3 Å². The van der Waals surface area contributed by atoms with Crippen LogP contribution in [0.3, 0.4) is 0 Å². The first kappa shape index (κ1) is 21.9. The van der Waals surface area contributed by atoms with Crippen molar-refractivity contribution in [1.29, 1.82) is 0 Å². The van der Waals surface area contributed by atoms with Gasteiger partial charge in [0.15, 0.2) is 5.13 Å². The summed E-state index contributed by atoms with van der Waals surface area (Å²) in [6.45, 7) is 5.56. The molecule has 31 heavy (non-hydrogen) atoms. The first-order valence-corrected chi connectivity index (χ1v) is 12.2. The lowest BCUT2D eigenvalue weighted by molar-refractivity contribution is -0.116. The van der Waals surface area contributed by atoms with Crippen LogP contribution in [0.25, 0.3) is 10.2 Å². The van der Waals surface area contributed by atoms with Crippen LogP contribution >= 0.6 is 34.7 Å². The van der Waals surface area contributed by atoms with Crippen molar-refractivity contribution in [2.45, 2.75) is 31.7 Å². The topological polar surface area (TPSA) is 51.0 Å². The lowest BCUT2D eigenvalue weighted by Gasteiger charge is -2.20. The van der Waals surface area contributed by atoms with Crippen molar-refractivity contribution < 1.29 is 4.79 Å². The van der Waals surface area contributed by atoms with Gasteiger partial charge in [-0.3, -0.25) is 9.69 Å². The number of fused-ring (bicyclic) bond motifs is 1. The van der Waals surface area contributed by atoms with E-state index in [2.05, 4.69) is 31.0 Å². The molecule has 5 nitrogen and oxygen atoms in total. The van der Waals surface area contributed by atoms with Crippen LogP contribution in [0.4, 0.5) is 5.13 Å². The fourth-order valence-corrected chi connectivity index (χ4v) is 5.33. The van der Waals surface area contributed by atoms with Crippen molar-refractivity contribution in [3.8, 4) is 0 Å². The first-order valence-electron chi connectivity index (χ1n) is 10.0. The van der Waals surface area contributed by atoms with E-state index in [-0.39, 0.29) is 5.91 Å². The van der Waals surface area contributed by atoms with Crippen LogP contribution in [0, 0.1) is 13.8 Å². The van der Waals surface area contributed by atoms with Gasteiger partial charge in [0, 0.05) is 35.4 Å². The van der Waals surface area contributed by atoms with Gasteiger partial charge in [-0.05, 0) is 55.7 Å². The lowest BCUT2D eigenvalue weighted by Crippen LogP contribution is -2.33. The van der Waals surface area contributed by atoms with E-state index in [0.29, 0.717) is 17.3 Å². The number of nitrogens with zero attached hydrogens (tertiary/aromatic N) is 4. The number of carbonyl (C=O) groups excluding carboxylic acids is 1. The Morgan fingerprint density at radius 1 is 1.16 bits per heavy atom. The fourth-order valence-electron chi connectivity index (χ4n) is 3.27. The van der Waals surface area contributed by atoms with Gasteiger partial charge in [-0.25, -0.2) is 9.97 Å². The molecule has 160 valence electrons. The van der Waals surface area contributed by atoms with Gasteiger partial charge in [-0.15, -0.1) is 11.8 Å². The summed E-state index contributed by atoms with van der Waals surface area (Å²) in [7, 11) is 0. The summed E-state index contributed by atoms with van der Waals surface area (Å²) in [6, 6.07) is 11.8. The predicted molar refractivity (Wildman–Crippen MR) is 130 cm³/mol. The molecular weight excluding hydrogens is 448 g/mol. The zero-order valence-electron chi connectivity index (χ0n) is 17.4. The second kappa shape index (κ2) is 9.85. The third-order valence-electron chi connectivity index (χ3n) is 5.00. The van der Waals surface area contributed by atoms with Gasteiger partial charge in [0.2, 0.25) is 5.91 Å². The molecule has 0 unspecified atom stereocenters. The summed E-state index contributed by atoms with van der Waals surface area (Å²) in [5.41, 5.74) is 3.30. The molecular formula is C23H23ClN4OS2. The number of carbonyl (C=O) groups is 1. The molecule has 0 bridgehead atoms. The van der Waals surface area contributed by atoms with E-state index >= 15 is 0 Å². The molecule has 8 heteroatoms. The molecule has 4 aromatic rings. The van der Waals surface area contributed by atoms with E-state index in [1.807, 2.05) is 39.9 Å². The molecule has 0 spiro atoms. The minimum absolute atomic E-state index is 0.0555. The average Bonchev–Trinajstić information content (AvgIpc) is 3.44. The minimum atomic E-state index is 0.0555. The highest BCUT2D eigenvalue weighted by molar-refractivity contribution is 8.00. The number of imidazole rings is 1. The number of aromatic nitrogens is 3. The summed E-state index contributed by atoms with van der Waals surface area (Å²) in [6.07, 6.45) is 6.33. The molecule has 2 aromatic heterocycles. The normalized spacial score (nSPS) is 11.2. The zero-order valence-corrected chi connectivity index (χ0v) is 19.8. The standard InChI is InChI=1S/C23H23ClN4OS2/c1-16-4-5-17(2)22-21(16)26-23(31-22)28(12-3-11-27-13-10-25-15-27)20(29)14-30-19-8-6-18(24)7-9-19/h4-10,13,15H,3,11-12,14H2,1-2H3. The molecule has 0 saturated carbocycles. The number of aryl methyl sites for hydroxylation is 3. The maximum absolute atomic E-state index is 13.2. The smallest absolute Gasteiger partial charge is 0.239 e. The molecule has 0 saturated heterocycles. The number of halogens is 1. The Morgan fingerprint density at radius 3 is 2.65 bits per heavy atom. The maximum atomic E-state index is 13.2. The fraction of sp³-hybridized carbons (Fsp3) is 0.261. The Bertz CT molecular complexity index is 1130. The number of rotatable bonds is 8. The van der Waals surface area contributed by atoms with Gasteiger partial charge >= 0.3 is 0 Å². The molecule has 0 aliphatic carbocycles. The van der Waals surface area contributed by atoms with Gasteiger partial charge in [-0.1, -0.05) is 35.1 Å². The van der Waals surface area contributed by atoms with E-state index < -0.39 is 0 Å². The Hall–Kier alpha value is -2.35. The number of thioether (sulfide) groups is 1. The molecule has 2 aromatic carbocycles. The van der Waals surface area contributed by atoms with Crippen molar-refractivity contribution in [2.24, 2.45) is 0 Å². The van der Waals surface area contributed by atoms with E-state index in [1.54, 1.807) is 23.9 Å². The number of amides is 1. The molecule has 0 N–H and O–H groups in total. The number of benzene rings is 2. The van der Waals surface area contributed by atoms with Crippen LogP contribution in [0.1, 0.15) is 17.5 Å². The van der Waals surface area contributed by atoms with Crippen molar-refractivity contribution in [2.75, 3.05) is 17.2 Å². The SMILES string of the molecule is Cc1ccc(C)c2sc(N(CCCn3ccnc3)C(=O)CSc3ccc(Cl)cc3)nc12. The summed E-state index contributed by atoms with van der Waals surface area (Å²) >= 11 is 9.08. The minimum Gasteiger partial charge on any atom is -0.337 e. The number of hydrogen-bond donors (Lipinski definition) is 0. The van der Waals surface area contributed by atoms with Gasteiger partial charge in [0.05, 0.1) is 22.3 Å². The zero-order chi connectivity index (χ0) is 21.8. The van der Waals surface area contributed by atoms with E-state index in [4.69, 9.17) is 16.6 Å². The summed E-state index contributed by atoms with van der Waals surface area (Å²) in [4.78, 5) is 25.1. The van der Waals surface area contributed by atoms with Crippen molar-refractivity contribution in [1.82, 2.24) is 14.5 Å². The number of thiazole rings is 1. The molecule has 4 rings (SSSR count). The number of hydrogen-bond acceptors (Lipinski definition) is 5. The van der Waals surface area contributed by atoms with Gasteiger partial charge in [0.25, 0.3) is 0 Å². The molecule has 0 atom stereocenters. The van der Waals surface area contributed by atoms with Gasteiger partial charge in [-0.2, -0.15) is 0 Å². The third kappa shape index (κ3) is 5.29. The summed E-state index contributed by atoms with van der Waals surface area (Å²) < 4.78 is 3.17. The summed E-state index contributed by atoms with van der Waals surface area (Å²) in [5, 5.41) is 1.46. The average molecular weight is 471 g/mol. The number of anilines is 1. The summed E-state index contributed by atoms with van der Waals surface area (Å²) in [5.74, 6) is 0.403. The van der Waals surface area contributed by atoms with Crippen molar-refractivity contribution in [3.63, 3.8) is 0 Å². The Balaban J connectivity index is 1.54. The van der Waals surface area contributed by atoms with Crippen LogP contribution in [-0.2, 0) is 11.3 Å². The first-order chi connectivity index (χ1) is 15.0. The maximum Gasteiger partial charge on any atom is 0.239 e. The Labute approximate surface area is 195 Å². The highest BCUT2D eigenvalue weighted by Gasteiger charge is 2.21. The van der Waals surface area contributed by atoms with E-state index in [1.165, 1.54) is 17.3 Å². The van der Waals surface area contributed by atoms with Crippen LogP contribution in [0.5, 0.6) is 0 Å². The molecule has 2 heterocycles. The van der Waals surface area contributed by atoms with Crippen molar-refractivity contribution >= 4 is 56.0 Å². The highest BCUT2D eigenvalue weighted by atomic mass is 35.5. The second-order valence-electron chi connectivity index (χ2n) is 7.32. The second-order valence-corrected chi connectivity index (χ2v) is 9.78. The molecule has 1 amide bonds. The largest absolute Gasteiger partial charge is 0.337 e. The van der Waals surface area contributed by atoms with Gasteiger partial charge < -0.3 is 4.57 Å². The molecule has 0 radical (unpaired) electrons.